The highest BCUT2D eigenvalue weighted by Gasteiger charge is 2.06. The van der Waals surface area contributed by atoms with E-state index < -0.39 is 0 Å². The molecule has 4 heteroatoms. The van der Waals surface area contributed by atoms with Crippen molar-refractivity contribution in [1.82, 2.24) is 4.57 Å². The van der Waals surface area contributed by atoms with Gasteiger partial charge in [-0.2, -0.15) is 0 Å². The van der Waals surface area contributed by atoms with Crippen LogP contribution in [-0.2, 0) is 4.74 Å². The van der Waals surface area contributed by atoms with E-state index in [9.17, 15) is 9.59 Å². The first-order valence-corrected chi connectivity index (χ1v) is 3.44. The van der Waals surface area contributed by atoms with Crippen LogP contribution in [0.2, 0.25) is 0 Å². The lowest BCUT2D eigenvalue weighted by molar-refractivity contribution is 0.0755. The predicted octanol–water partition coefficient (Wildman–Crippen LogP) is 0.587. The normalized spacial score (nSPS) is 9.75. The maximum atomic E-state index is 11.2. The Hall–Kier alpha value is -1.42. The van der Waals surface area contributed by atoms with Gasteiger partial charge in [-0.05, 0) is 12.1 Å². The van der Waals surface area contributed by atoms with E-state index in [2.05, 4.69) is 4.74 Å². The van der Waals surface area contributed by atoms with Crippen molar-refractivity contribution in [2.75, 3.05) is 13.7 Å². The second kappa shape index (κ2) is 3.82. The number of hydrogen-bond acceptors (Lipinski definition) is 3. The van der Waals surface area contributed by atoms with Gasteiger partial charge in [0.25, 0.3) is 5.91 Å². The molecule has 12 heavy (non-hydrogen) atoms. The highest BCUT2D eigenvalue weighted by atomic mass is 16.5. The van der Waals surface area contributed by atoms with Crippen molar-refractivity contribution in [3.63, 3.8) is 0 Å². The molecule has 0 bridgehead atoms. The zero-order valence-electron chi connectivity index (χ0n) is 6.69. The molecule has 0 radical (unpaired) electrons. The number of methoxy groups -OCH3 is 1. The van der Waals surface area contributed by atoms with Crippen molar-refractivity contribution in [2.45, 2.75) is 0 Å². The van der Waals surface area contributed by atoms with Gasteiger partial charge in [0.05, 0.1) is 5.69 Å². The molecular weight excluding hydrogens is 158 g/mol. The van der Waals surface area contributed by atoms with Gasteiger partial charge in [0.2, 0.25) is 0 Å². The Labute approximate surface area is 69.7 Å². The van der Waals surface area contributed by atoms with Crippen LogP contribution < -0.4 is 0 Å². The molecule has 0 amide bonds. The van der Waals surface area contributed by atoms with Crippen LogP contribution in [-0.4, -0.2) is 30.5 Å². The summed E-state index contributed by atoms with van der Waals surface area (Å²) in [6, 6.07) is 3.21. The van der Waals surface area contributed by atoms with E-state index in [1.807, 2.05) is 0 Å². The lowest BCUT2D eigenvalue weighted by Crippen LogP contribution is -2.17. The Morgan fingerprint density at radius 2 is 2.50 bits per heavy atom. The first-order valence-electron chi connectivity index (χ1n) is 3.44. The zero-order valence-corrected chi connectivity index (χ0v) is 6.69. The number of carbonyl (C=O) groups is 2. The third-order valence-electron chi connectivity index (χ3n) is 1.44. The fourth-order valence-electron chi connectivity index (χ4n) is 0.910. The molecule has 0 saturated heterocycles. The van der Waals surface area contributed by atoms with E-state index >= 15 is 0 Å². The fourth-order valence-corrected chi connectivity index (χ4v) is 0.910. The van der Waals surface area contributed by atoms with Crippen molar-refractivity contribution in [2.24, 2.45) is 0 Å². The van der Waals surface area contributed by atoms with Crippen molar-refractivity contribution in [1.29, 1.82) is 0 Å². The Morgan fingerprint density at radius 1 is 1.75 bits per heavy atom. The van der Waals surface area contributed by atoms with Crippen LogP contribution in [0.25, 0.3) is 0 Å². The first-order chi connectivity index (χ1) is 5.79. The molecule has 64 valence electrons. The van der Waals surface area contributed by atoms with E-state index in [1.165, 1.54) is 17.9 Å². The van der Waals surface area contributed by atoms with E-state index in [0.717, 1.165) is 0 Å². The molecule has 0 aromatic carbocycles. The minimum atomic E-state index is -0.246. The largest absolute Gasteiger partial charge is 0.375 e. The van der Waals surface area contributed by atoms with E-state index in [-0.39, 0.29) is 12.5 Å². The summed E-state index contributed by atoms with van der Waals surface area (Å²) in [5, 5.41) is 0. The second-order valence-electron chi connectivity index (χ2n) is 2.25. The van der Waals surface area contributed by atoms with Crippen LogP contribution in [0.3, 0.4) is 0 Å². The van der Waals surface area contributed by atoms with Crippen LogP contribution in [0.4, 0.5) is 0 Å². The average Bonchev–Trinajstić information content (AvgIpc) is 2.51. The molecule has 0 fully saturated rings. The third-order valence-corrected chi connectivity index (χ3v) is 1.44. The lowest BCUT2D eigenvalue weighted by Gasteiger charge is -2.01. The molecule has 0 N–H and O–H groups in total. The van der Waals surface area contributed by atoms with Crippen molar-refractivity contribution < 1.29 is 14.3 Å². The molecule has 0 saturated carbocycles. The zero-order chi connectivity index (χ0) is 8.97. The van der Waals surface area contributed by atoms with E-state index in [0.29, 0.717) is 12.0 Å². The topological polar surface area (TPSA) is 48.3 Å². The second-order valence-corrected chi connectivity index (χ2v) is 2.25. The molecule has 0 atom stereocenters. The summed E-state index contributed by atoms with van der Waals surface area (Å²) in [6.45, 7) is -0.0183. The van der Waals surface area contributed by atoms with Gasteiger partial charge in [-0.15, -0.1) is 0 Å². The number of hydrogen-bond donors (Lipinski definition) is 0. The monoisotopic (exact) mass is 167 g/mol. The summed E-state index contributed by atoms with van der Waals surface area (Å²) in [4.78, 5) is 21.5. The molecule has 0 spiro atoms. The average molecular weight is 167 g/mol. The van der Waals surface area contributed by atoms with Gasteiger partial charge in [0.15, 0.2) is 6.29 Å². The Morgan fingerprint density at radius 3 is 3.08 bits per heavy atom. The summed E-state index contributed by atoms with van der Waals surface area (Å²) in [7, 11) is 1.43. The van der Waals surface area contributed by atoms with Gasteiger partial charge in [0, 0.05) is 13.3 Å². The van der Waals surface area contributed by atoms with Crippen LogP contribution in [0.5, 0.6) is 0 Å². The standard InChI is InChI=1S/C8H9NO3/c1-12-6-8(11)9-4-2-3-7(9)5-10/h2-5H,6H2,1H3. The summed E-state index contributed by atoms with van der Waals surface area (Å²) in [5.74, 6) is -0.246. The van der Waals surface area contributed by atoms with Gasteiger partial charge < -0.3 is 4.74 Å². The number of ether oxygens (including phenoxy) is 1. The van der Waals surface area contributed by atoms with Gasteiger partial charge in [-0.1, -0.05) is 0 Å². The lowest BCUT2D eigenvalue weighted by atomic mass is 10.4. The van der Waals surface area contributed by atoms with E-state index in [1.54, 1.807) is 12.1 Å². The summed E-state index contributed by atoms with van der Waals surface area (Å²) >= 11 is 0. The molecule has 1 rings (SSSR count). The molecule has 1 aromatic heterocycles. The van der Waals surface area contributed by atoms with Gasteiger partial charge in [-0.25, -0.2) is 0 Å². The first kappa shape index (κ1) is 8.67. The van der Waals surface area contributed by atoms with Crippen LogP contribution >= 0.6 is 0 Å². The minimum absolute atomic E-state index is 0.0183. The van der Waals surface area contributed by atoms with Crippen molar-refractivity contribution in [3.05, 3.63) is 24.0 Å². The number of rotatable bonds is 3. The number of aromatic nitrogens is 1. The quantitative estimate of drug-likeness (QED) is 0.619. The maximum Gasteiger partial charge on any atom is 0.257 e. The molecule has 0 unspecified atom stereocenters. The SMILES string of the molecule is COCC(=O)n1cccc1C=O. The van der Waals surface area contributed by atoms with Gasteiger partial charge in [-0.3, -0.25) is 14.2 Å². The van der Waals surface area contributed by atoms with E-state index in [4.69, 9.17) is 0 Å². The van der Waals surface area contributed by atoms with Crippen LogP contribution in [0.15, 0.2) is 18.3 Å². The fraction of sp³-hybridized carbons (Fsp3) is 0.250. The summed E-state index contributed by atoms with van der Waals surface area (Å²) < 4.78 is 5.90. The van der Waals surface area contributed by atoms with Crippen LogP contribution in [0.1, 0.15) is 15.3 Å². The molecule has 0 aliphatic rings. The van der Waals surface area contributed by atoms with Crippen LogP contribution in [0, 0.1) is 0 Å². The summed E-state index contributed by atoms with van der Waals surface area (Å²) in [6.07, 6.45) is 2.17. The predicted molar refractivity (Wildman–Crippen MR) is 42.3 cm³/mol. The van der Waals surface area contributed by atoms with Gasteiger partial charge >= 0.3 is 0 Å². The minimum Gasteiger partial charge on any atom is -0.375 e. The molecule has 4 nitrogen and oxygen atoms in total. The number of carbonyl (C=O) groups excluding carboxylic acids is 2. The summed E-state index contributed by atoms with van der Waals surface area (Å²) in [5.41, 5.74) is 0.344. The Balaban J connectivity index is 2.86. The van der Waals surface area contributed by atoms with Gasteiger partial charge in [0.1, 0.15) is 6.61 Å². The molecule has 1 heterocycles. The smallest absolute Gasteiger partial charge is 0.257 e. The third kappa shape index (κ3) is 1.60. The Kier molecular flexibility index (Phi) is 2.76. The Bertz CT molecular complexity index is 290. The molecule has 1 aromatic rings. The molecule has 0 aliphatic carbocycles. The number of aldehydes is 1. The van der Waals surface area contributed by atoms with Crippen molar-refractivity contribution >= 4 is 12.2 Å². The highest BCUT2D eigenvalue weighted by Crippen LogP contribution is 1.98. The molecular formula is C8H9NO3. The van der Waals surface area contributed by atoms with Crippen molar-refractivity contribution in [3.8, 4) is 0 Å². The molecule has 0 aliphatic heterocycles. The number of nitrogens with zero attached hydrogens (tertiary/aromatic N) is 1. The highest BCUT2D eigenvalue weighted by molar-refractivity contribution is 5.87. The maximum absolute atomic E-state index is 11.2.